The molecule has 0 fully saturated rings. The van der Waals surface area contributed by atoms with E-state index in [1.807, 2.05) is 33.9 Å². The van der Waals surface area contributed by atoms with Gasteiger partial charge >= 0.3 is 5.97 Å². The summed E-state index contributed by atoms with van der Waals surface area (Å²) in [5, 5.41) is 3.33. The van der Waals surface area contributed by atoms with Crippen LogP contribution < -0.4 is 5.32 Å². The SMILES string of the molecule is CCOC(=O)C(C)(CCn1ccnc1CC)NC(C)C. The van der Waals surface area contributed by atoms with Crippen molar-refractivity contribution in [2.24, 2.45) is 0 Å². The molecule has 1 N–H and O–H groups in total. The number of hydrogen-bond acceptors (Lipinski definition) is 4. The van der Waals surface area contributed by atoms with Gasteiger partial charge in [-0.05, 0) is 34.1 Å². The van der Waals surface area contributed by atoms with Crippen molar-refractivity contribution in [1.29, 1.82) is 0 Å². The zero-order valence-electron chi connectivity index (χ0n) is 13.3. The normalized spacial score (nSPS) is 14.3. The third-order valence-corrected chi connectivity index (χ3v) is 3.30. The molecule has 1 unspecified atom stereocenters. The molecule has 0 spiro atoms. The van der Waals surface area contributed by atoms with Gasteiger partial charge in [-0.15, -0.1) is 0 Å². The number of hydrogen-bond donors (Lipinski definition) is 1. The van der Waals surface area contributed by atoms with E-state index in [-0.39, 0.29) is 12.0 Å². The molecule has 0 bridgehead atoms. The molecule has 5 heteroatoms. The van der Waals surface area contributed by atoms with Crippen molar-refractivity contribution in [3.8, 4) is 0 Å². The molecular weight excluding hydrogens is 254 g/mol. The van der Waals surface area contributed by atoms with E-state index in [1.54, 1.807) is 6.20 Å². The molecule has 1 aromatic heterocycles. The van der Waals surface area contributed by atoms with Gasteiger partial charge < -0.3 is 9.30 Å². The third-order valence-electron chi connectivity index (χ3n) is 3.30. The number of esters is 1. The quantitative estimate of drug-likeness (QED) is 0.742. The molecule has 1 atom stereocenters. The summed E-state index contributed by atoms with van der Waals surface area (Å²) < 4.78 is 7.30. The fraction of sp³-hybridized carbons (Fsp3) is 0.733. The van der Waals surface area contributed by atoms with Gasteiger partial charge in [-0.1, -0.05) is 6.92 Å². The van der Waals surface area contributed by atoms with Gasteiger partial charge in [-0.2, -0.15) is 0 Å². The number of imidazole rings is 1. The summed E-state index contributed by atoms with van der Waals surface area (Å²) in [7, 11) is 0. The number of aromatic nitrogens is 2. The van der Waals surface area contributed by atoms with Crippen LogP contribution in [0.4, 0.5) is 0 Å². The van der Waals surface area contributed by atoms with E-state index in [1.165, 1.54) is 0 Å². The summed E-state index contributed by atoms with van der Waals surface area (Å²) in [6, 6.07) is 0.220. The van der Waals surface area contributed by atoms with Crippen molar-refractivity contribution < 1.29 is 9.53 Å². The second-order valence-corrected chi connectivity index (χ2v) is 5.49. The van der Waals surface area contributed by atoms with E-state index < -0.39 is 5.54 Å². The third kappa shape index (κ3) is 4.34. The molecule has 0 aliphatic heterocycles. The molecule has 0 aliphatic rings. The van der Waals surface area contributed by atoms with Crippen LogP contribution in [0.5, 0.6) is 0 Å². The molecular formula is C15H27N3O2. The van der Waals surface area contributed by atoms with E-state index in [2.05, 4.69) is 21.8 Å². The van der Waals surface area contributed by atoms with E-state index in [0.29, 0.717) is 13.0 Å². The molecule has 1 rings (SSSR count). The Balaban J connectivity index is 2.77. The molecule has 0 aromatic carbocycles. The number of ether oxygens (including phenoxy) is 1. The minimum atomic E-state index is -0.667. The number of carbonyl (C=O) groups excluding carboxylic acids is 1. The van der Waals surface area contributed by atoms with E-state index in [4.69, 9.17) is 4.74 Å². The van der Waals surface area contributed by atoms with E-state index in [9.17, 15) is 4.79 Å². The van der Waals surface area contributed by atoms with Crippen molar-refractivity contribution in [2.75, 3.05) is 6.61 Å². The zero-order chi connectivity index (χ0) is 15.2. The minimum Gasteiger partial charge on any atom is -0.465 e. The molecule has 0 aliphatic carbocycles. The average Bonchev–Trinajstić information content (AvgIpc) is 2.83. The zero-order valence-corrected chi connectivity index (χ0v) is 13.3. The van der Waals surface area contributed by atoms with Crippen molar-refractivity contribution in [1.82, 2.24) is 14.9 Å². The predicted molar refractivity (Wildman–Crippen MR) is 79.5 cm³/mol. The molecule has 20 heavy (non-hydrogen) atoms. The first-order chi connectivity index (χ1) is 9.42. The number of carbonyl (C=O) groups is 1. The van der Waals surface area contributed by atoms with Gasteiger partial charge in [0, 0.05) is 31.4 Å². The Bertz CT molecular complexity index is 429. The second-order valence-electron chi connectivity index (χ2n) is 5.49. The summed E-state index contributed by atoms with van der Waals surface area (Å²) in [6.07, 6.45) is 5.32. The van der Waals surface area contributed by atoms with Crippen molar-refractivity contribution in [3.05, 3.63) is 18.2 Å². The lowest BCUT2D eigenvalue weighted by molar-refractivity contribution is -0.151. The Morgan fingerprint density at radius 2 is 2.20 bits per heavy atom. The van der Waals surface area contributed by atoms with Gasteiger partial charge in [0.25, 0.3) is 0 Å². The lowest BCUT2D eigenvalue weighted by Gasteiger charge is -2.31. The number of nitrogens with zero attached hydrogens (tertiary/aromatic N) is 2. The monoisotopic (exact) mass is 281 g/mol. The highest BCUT2D eigenvalue weighted by atomic mass is 16.5. The average molecular weight is 281 g/mol. The molecule has 1 aromatic rings. The highest BCUT2D eigenvalue weighted by molar-refractivity contribution is 5.80. The summed E-state index contributed by atoms with van der Waals surface area (Å²) in [4.78, 5) is 16.5. The molecule has 0 saturated carbocycles. The molecule has 5 nitrogen and oxygen atoms in total. The van der Waals surface area contributed by atoms with Crippen molar-refractivity contribution >= 4 is 5.97 Å². The lowest BCUT2D eigenvalue weighted by Crippen LogP contribution is -2.53. The fourth-order valence-electron chi connectivity index (χ4n) is 2.36. The standard InChI is InChI=1S/C15H27N3O2/c1-6-13-16-9-11-18(13)10-8-15(5,17-12(3)4)14(19)20-7-2/h9,11-12,17H,6-8,10H2,1-5H3. The minimum absolute atomic E-state index is 0.188. The fourth-order valence-corrected chi connectivity index (χ4v) is 2.36. The summed E-state index contributed by atoms with van der Waals surface area (Å²) in [6.45, 7) is 11.0. The molecule has 0 saturated heterocycles. The van der Waals surface area contributed by atoms with Crippen LogP contribution in [0.2, 0.25) is 0 Å². The second kappa shape index (κ2) is 7.43. The lowest BCUT2D eigenvalue weighted by atomic mass is 9.96. The number of rotatable bonds is 8. The summed E-state index contributed by atoms with van der Waals surface area (Å²) in [5.41, 5.74) is -0.667. The van der Waals surface area contributed by atoms with Crippen LogP contribution >= 0.6 is 0 Å². The Morgan fingerprint density at radius 1 is 1.50 bits per heavy atom. The number of nitrogens with one attached hydrogen (secondary N) is 1. The largest absolute Gasteiger partial charge is 0.465 e. The van der Waals surface area contributed by atoms with Gasteiger partial charge in [0.05, 0.1) is 6.61 Å². The maximum Gasteiger partial charge on any atom is 0.326 e. The van der Waals surface area contributed by atoms with Crippen LogP contribution in [-0.4, -0.2) is 33.7 Å². The van der Waals surface area contributed by atoms with Gasteiger partial charge in [-0.3, -0.25) is 10.1 Å². The van der Waals surface area contributed by atoms with Crippen molar-refractivity contribution in [2.45, 2.75) is 65.6 Å². The van der Waals surface area contributed by atoms with Gasteiger partial charge in [0.15, 0.2) is 0 Å². The Kier molecular flexibility index (Phi) is 6.20. The Hall–Kier alpha value is -1.36. The Morgan fingerprint density at radius 3 is 2.75 bits per heavy atom. The maximum atomic E-state index is 12.2. The van der Waals surface area contributed by atoms with Gasteiger partial charge in [0.1, 0.15) is 11.4 Å². The first-order valence-electron chi connectivity index (χ1n) is 7.37. The van der Waals surface area contributed by atoms with Crippen molar-refractivity contribution in [3.63, 3.8) is 0 Å². The van der Waals surface area contributed by atoms with Crippen LogP contribution in [0.1, 0.15) is 46.9 Å². The number of aryl methyl sites for hydroxylation is 2. The van der Waals surface area contributed by atoms with E-state index in [0.717, 1.165) is 18.8 Å². The van der Waals surface area contributed by atoms with Crippen LogP contribution in [0.3, 0.4) is 0 Å². The predicted octanol–water partition coefficient (Wildman–Crippen LogP) is 2.16. The summed E-state index contributed by atoms with van der Waals surface area (Å²) in [5.74, 6) is 0.854. The highest BCUT2D eigenvalue weighted by Gasteiger charge is 2.34. The molecule has 1 heterocycles. The molecule has 0 radical (unpaired) electrons. The van der Waals surface area contributed by atoms with Gasteiger partial charge in [-0.25, -0.2) is 4.98 Å². The maximum absolute atomic E-state index is 12.2. The van der Waals surface area contributed by atoms with Crippen LogP contribution in [0.15, 0.2) is 12.4 Å². The first-order valence-corrected chi connectivity index (χ1v) is 7.37. The van der Waals surface area contributed by atoms with E-state index >= 15 is 0 Å². The Labute approximate surface area is 121 Å². The topological polar surface area (TPSA) is 56.2 Å². The first kappa shape index (κ1) is 16.7. The molecule has 114 valence electrons. The molecule has 0 amide bonds. The van der Waals surface area contributed by atoms with Crippen LogP contribution in [-0.2, 0) is 22.5 Å². The van der Waals surface area contributed by atoms with Crippen LogP contribution in [0.25, 0.3) is 0 Å². The van der Waals surface area contributed by atoms with Gasteiger partial charge in [0.2, 0.25) is 0 Å². The summed E-state index contributed by atoms with van der Waals surface area (Å²) >= 11 is 0. The smallest absolute Gasteiger partial charge is 0.326 e. The highest BCUT2D eigenvalue weighted by Crippen LogP contribution is 2.16. The van der Waals surface area contributed by atoms with Crippen LogP contribution in [0, 0.1) is 0 Å².